The van der Waals surface area contributed by atoms with Gasteiger partial charge in [0.2, 0.25) is 0 Å². The molecule has 0 amide bonds. The quantitative estimate of drug-likeness (QED) is 0.486. The molecule has 0 spiro atoms. The molecule has 0 heterocycles. The first-order chi connectivity index (χ1) is 10.8. The lowest BCUT2D eigenvalue weighted by Crippen LogP contribution is -2.16. The van der Waals surface area contributed by atoms with E-state index in [0.29, 0.717) is 16.9 Å². The highest BCUT2D eigenvalue weighted by Gasteiger charge is 2.21. The van der Waals surface area contributed by atoms with E-state index in [1.54, 1.807) is 6.92 Å². The number of nitrogens with zero attached hydrogens (tertiary/aromatic N) is 1. The summed E-state index contributed by atoms with van der Waals surface area (Å²) in [6.45, 7) is 5.34. The maximum absolute atomic E-state index is 13.5. The van der Waals surface area contributed by atoms with E-state index in [1.807, 2.05) is 13.8 Å². The summed E-state index contributed by atoms with van der Waals surface area (Å²) in [6.07, 6.45) is 2.92. The fourth-order valence-corrected chi connectivity index (χ4v) is 2.04. The Labute approximate surface area is 132 Å². The Morgan fingerprint density at radius 2 is 1.91 bits per heavy atom. The molecular formula is C17H15F2NO3. The van der Waals surface area contributed by atoms with Crippen molar-refractivity contribution in [2.45, 2.75) is 20.8 Å². The van der Waals surface area contributed by atoms with Crippen molar-refractivity contribution in [3.8, 4) is 0 Å². The highest BCUT2D eigenvalue weighted by Crippen LogP contribution is 2.20. The van der Waals surface area contributed by atoms with E-state index >= 15 is 0 Å². The zero-order valence-electron chi connectivity index (χ0n) is 12.9. The van der Waals surface area contributed by atoms with Gasteiger partial charge in [0.1, 0.15) is 11.3 Å². The summed E-state index contributed by atoms with van der Waals surface area (Å²) in [5, 5.41) is 3.66. The molecule has 0 fully saturated rings. The second-order valence-corrected chi connectivity index (χ2v) is 5.40. The first-order valence-electron chi connectivity index (χ1n) is 6.99. The van der Waals surface area contributed by atoms with Gasteiger partial charge >= 0.3 is 5.97 Å². The molecule has 6 heteroatoms. The van der Waals surface area contributed by atoms with E-state index in [9.17, 15) is 18.4 Å². The van der Waals surface area contributed by atoms with Gasteiger partial charge < -0.3 is 4.84 Å². The average Bonchev–Trinajstić information content (AvgIpc) is 2.48. The highest BCUT2D eigenvalue weighted by molar-refractivity contribution is 6.21. The predicted octanol–water partition coefficient (Wildman–Crippen LogP) is 3.59. The molecule has 23 heavy (non-hydrogen) atoms. The van der Waals surface area contributed by atoms with E-state index in [0.717, 1.165) is 12.1 Å². The number of carbonyl (C=O) groups excluding carboxylic acids is 2. The zero-order chi connectivity index (χ0) is 17.1. The maximum Gasteiger partial charge on any atom is 0.368 e. The van der Waals surface area contributed by atoms with Crippen LogP contribution in [0, 0.1) is 17.6 Å². The van der Waals surface area contributed by atoms with Gasteiger partial charge in [-0.05, 0) is 42.7 Å². The summed E-state index contributed by atoms with van der Waals surface area (Å²) in [5.41, 5.74) is 0.795. The Morgan fingerprint density at radius 1 is 1.22 bits per heavy atom. The third-order valence-electron chi connectivity index (χ3n) is 3.35. The van der Waals surface area contributed by atoms with Gasteiger partial charge in [0.15, 0.2) is 17.4 Å². The molecule has 0 aliphatic heterocycles. The van der Waals surface area contributed by atoms with Gasteiger partial charge in [0, 0.05) is 5.57 Å². The van der Waals surface area contributed by atoms with Gasteiger partial charge in [0.25, 0.3) is 0 Å². The van der Waals surface area contributed by atoms with Crippen LogP contribution < -0.4 is 0 Å². The number of hydrogen-bond acceptors (Lipinski definition) is 4. The van der Waals surface area contributed by atoms with Crippen LogP contribution in [0.1, 0.15) is 31.1 Å². The van der Waals surface area contributed by atoms with Gasteiger partial charge in [-0.25, -0.2) is 13.6 Å². The van der Waals surface area contributed by atoms with Crippen molar-refractivity contribution in [3.05, 3.63) is 58.7 Å². The lowest BCUT2D eigenvalue weighted by Gasteiger charge is -2.14. The van der Waals surface area contributed by atoms with Crippen LogP contribution in [-0.2, 0) is 9.63 Å². The van der Waals surface area contributed by atoms with Crippen LogP contribution in [0.5, 0.6) is 0 Å². The molecule has 120 valence electrons. The van der Waals surface area contributed by atoms with Crippen LogP contribution in [0.2, 0.25) is 0 Å². The number of benzene rings is 1. The van der Waals surface area contributed by atoms with Crippen molar-refractivity contribution in [2.24, 2.45) is 11.1 Å². The first kappa shape index (κ1) is 16.7. The normalized spacial score (nSPS) is 16.4. The molecule has 0 saturated carbocycles. The molecule has 0 atom stereocenters. The van der Waals surface area contributed by atoms with Crippen molar-refractivity contribution in [1.29, 1.82) is 0 Å². The van der Waals surface area contributed by atoms with Gasteiger partial charge in [-0.2, -0.15) is 0 Å². The van der Waals surface area contributed by atoms with Crippen LogP contribution in [0.3, 0.4) is 0 Å². The Kier molecular flexibility index (Phi) is 4.83. The standard InChI is InChI=1S/C17H15F2NO3/c1-9(2)12-8-14(10(3)7-15(12)21)20-23-17(22)11-5-4-6-13(18)16(11)19/h4-9H,1-3H3/b20-14-. The minimum atomic E-state index is -1.29. The average molecular weight is 319 g/mol. The van der Waals surface area contributed by atoms with Crippen LogP contribution in [0.15, 0.2) is 46.7 Å². The monoisotopic (exact) mass is 319 g/mol. The van der Waals surface area contributed by atoms with Crippen molar-refractivity contribution in [2.75, 3.05) is 0 Å². The van der Waals surface area contributed by atoms with Gasteiger partial charge in [-0.1, -0.05) is 25.1 Å². The molecule has 0 radical (unpaired) electrons. The van der Waals surface area contributed by atoms with Gasteiger partial charge in [-0.15, -0.1) is 0 Å². The van der Waals surface area contributed by atoms with E-state index in [1.165, 1.54) is 18.2 Å². The summed E-state index contributed by atoms with van der Waals surface area (Å²) in [7, 11) is 0. The third-order valence-corrected chi connectivity index (χ3v) is 3.35. The van der Waals surface area contributed by atoms with E-state index < -0.39 is 23.2 Å². The fraction of sp³-hybridized carbons (Fsp3) is 0.235. The Bertz CT molecular complexity index is 761. The molecule has 1 aromatic carbocycles. The lowest BCUT2D eigenvalue weighted by molar-refractivity contribution is -0.111. The van der Waals surface area contributed by atoms with Gasteiger partial charge in [0.05, 0.1) is 0 Å². The lowest BCUT2D eigenvalue weighted by atomic mass is 9.90. The number of allylic oxidation sites excluding steroid dienone is 4. The second-order valence-electron chi connectivity index (χ2n) is 5.40. The summed E-state index contributed by atoms with van der Waals surface area (Å²) in [5.74, 6) is -3.69. The van der Waals surface area contributed by atoms with Crippen LogP contribution >= 0.6 is 0 Å². The molecule has 0 aromatic heterocycles. The Balaban J connectivity index is 2.25. The van der Waals surface area contributed by atoms with Crippen molar-refractivity contribution >= 4 is 17.5 Å². The molecule has 0 unspecified atom stereocenters. The maximum atomic E-state index is 13.5. The zero-order valence-corrected chi connectivity index (χ0v) is 12.9. The second kappa shape index (κ2) is 6.64. The fourth-order valence-electron chi connectivity index (χ4n) is 2.04. The minimum Gasteiger partial charge on any atom is -0.312 e. The number of rotatable bonds is 3. The molecule has 4 nitrogen and oxygen atoms in total. The molecule has 1 aliphatic rings. The molecule has 0 saturated heterocycles. The summed E-state index contributed by atoms with van der Waals surface area (Å²) < 4.78 is 26.6. The smallest absolute Gasteiger partial charge is 0.312 e. The molecule has 2 rings (SSSR count). The number of ketones is 1. The Hall–Kier alpha value is -2.63. The number of hydrogen-bond donors (Lipinski definition) is 0. The van der Waals surface area contributed by atoms with Crippen LogP contribution in [0.25, 0.3) is 0 Å². The summed E-state index contributed by atoms with van der Waals surface area (Å²) >= 11 is 0. The van der Waals surface area contributed by atoms with E-state index in [4.69, 9.17) is 0 Å². The van der Waals surface area contributed by atoms with Crippen LogP contribution in [0.4, 0.5) is 8.78 Å². The van der Waals surface area contributed by atoms with E-state index in [2.05, 4.69) is 9.99 Å². The van der Waals surface area contributed by atoms with Crippen molar-refractivity contribution in [1.82, 2.24) is 0 Å². The van der Waals surface area contributed by atoms with Crippen molar-refractivity contribution < 1.29 is 23.2 Å². The van der Waals surface area contributed by atoms with E-state index in [-0.39, 0.29) is 11.7 Å². The van der Waals surface area contributed by atoms with Gasteiger partial charge in [-0.3, -0.25) is 4.79 Å². The SMILES string of the molecule is CC1=CC(=O)C(C(C)C)=C/C1=N/OC(=O)c1cccc(F)c1F. The third kappa shape index (κ3) is 3.59. The number of oxime groups is 1. The largest absolute Gasteiger partial charge is 0.368 e. The molecule has 0 N–H and O–H groups in total. The first-order valence-corrected chi connectivity index (χ1v) is 6.99. The molecular weight excluding hydrogens is 304 g/mol. The number of carbonyl (C=O) groups is 2. The number of halogens is 2. The predicted molar refractivity (Wildman–Crippen MR) is 80.9 cm³/mol. The topological polar surface area (TPSA) is 55.7 Å². The molecule has 1 aromatic rings. The highest BCUT2D eigenvalue weighted by atomic mass is 19.2. The summed E-state index contributed by atoms with van der Waals surface area (Å²) in [4.78, 5) is 28.3. The molecule has 1 aliphatic carbocycles. The summed E-state index contributed by atoms with van der Waals surface area (Å²) in [6, 6.07) is 3.20. The van der Waals surface area contributed by atoms with Crippen molar-refractivity contribution in [3.63, 3.8) is 0 Å². The molecule has 0 bridgehead atoms. The minimum absolute atomic E-state index is 0.0200. The van der Waals surface area contributed by atoms with Crippen LogP contribution in [-0.4, -0.2) is 17.5 Å². The Morgan fingerprint density at radius 3 is 2.57 bits per heavy atom.